The molecule has 2 rings (SSSR count). The van der Waals surface area contributed by atoms with Gasteiger partial charge < -0.3 is 24.7 Å². The number of nitrogens with one attached hydrogen (secondary N) is 1. The first-order chi connectivity index (χ1) is 7.77. The number of carbonyl (C=O) groups excluding carboxylic acids is 1. The zero-order valence-corrected chi connectivity index (χ0v) is 8.64. The highest BCUT2D eigenvalue weighted by Crippen LogP contribution is 2.26. The van der Waals surface area contributed by atoms with Crippen molar-refractivity contribution in [3.63, 3.8) is 0 Å². The molecule has 1 heterocycles. The van der Waals surface area contributed by atoms with Gasteiger partial charge in [0.15, 0.2) is 6.29 Å². The van der Waals surface area contributed by atoms with Crippen molar-refractivity contribution in [1.29, 1.82) is 0 Å². The Hall–Kier alpha value is -1.59. The fraction of sp³-hybridized carbons (Fsp3) is 0.364. The monoisotopic (exact) mass is 222 g/mol. The molecule has 1 aromatic carbocycles. The van der Waals surface area contributed by atoms with Gasteiger partial charge in [-0.1, -0.05) is 24.3 Å². The van der Waals surface area contributed by atoms with Crippen molar-refractivity contribution >= 4 is 6.09 Å². The second-order valence-electron chi connectivity index (χ2n) is 3.41. The zero-order chi connectivity index (χ0) is 11.4. The van der Waals surface area contributed by atoms with Gasteiger partial charge in [-0.3, -0.25) is 0 Å². The second kappa shape index (κ2) is 4.96. The third kappa shape index (κ3) is 2.50. The summed E-state index contributed by atoms with van der Waals surface area (Å²) in [6, 6.07) is 7.40. The number of hydrogen-bond donors (Lipinski definition) is 1. The summed E-state index contributed by atoms with van der Waals surface area (Å²) >= 11 is 0. The van der Waals surface area contributed by atoms with E-state index in [-0.39, 0.29) is 12.8 Å². The van der Waals surface area contributed by atoms with E-state index in [1.54, 1.807) is 0 Å². The van der Waals surface area contributed by atoms with Crippen LogP contribution < -0.4 is 10.4 Å². The Bertz CT molecular complexity index is 374. The minimum absolute atomic E-state index is 0.196. The molecule has 5 nitrogen and oxygen atoms in total. The van der Waals surface area contributed by atoms with Crippen LogP contribution in [-0.4, -0.2) is 19.3 Å². The zero-order valence-electron chi connectivity index (χ0n) is 8.64. The Morgan fingerprint density at radius 3 is 2.75 bits per heavy atom. The van der Waals surface area contributed by atoms with Gasteiger partial charge >= 0.3 is 0 Å². The number of carboxylic acid groups (broad SMARTS) is 1. The molecule has 0 saturated carbocycles. The van der Waals surface area contributed by atoms with E-state index in [1.165, 1.54) is 0 Å². The van der Waals surface area contributed by atoms with Gasteiger partial charge in [0, 0.05) is 12.1 Å². The van der Waals surface area contributed by atoms with Crippen molar-refractivity contribution < 1.29 is 19.4 Å². The Kier molecular flexibility index (Phi) is 3.38. The summed E-state index contributed by atoms with van der Waals surface area (Å²) in [5.41, 5.74) is 1.69. The van der Waals surface area contributed by atoms with Crippen molar-refractivity contribution in [3.05, 3.63) is 35.4 Å². The molecule has 0 atom stereocenters. The van der Waals surface area contributed by atoms with Crippen LogP contribution in [0.4, 0.5) is 4.79 Å². The van der Waals surface area contributed by atoms with Crippen molar-refractivity contribution in [1.82, 2.24) is 5.32 Å². The number of amides is 1. The molecule has 1 amide bonds. The molecule has 0 bridgehead atoms. The molecule has 1 fully saturated rings. The standard InChI is InChI=1S/C11H13NO4/c13-11(14)12-7-8-3-1-2-4-9(8)10-15-5-6-16-10/h1-4,10,12H,5-7H2,(H,13,14)/p-1. The summed E-state index contributed by atoms with van der Waals surface area (Å²) in [6.45, 7) is 1.32. The van der Waals surface area contributed by atoms with E-state index in [0.717, 1.165) is 11.1 Å². The molecule has 1 N–H and O–H groups in total. The Balaban J connectivity index is 2.13. The van der Waals surface area contributed by atoms with Crippen molar-refractivity contribution in [3.8, 4) is 0 Å². The van der Waals surface area contributed by atoms with Crippen molar-refractivity contribution in [2.45, 2.75) is 12.8 Å². The summed E-state index contributed by atoms with van der Waals surface area (Å²) in [5.74, 6) is 0. The van der Waals surface area contributed by atoms with Crippen LogP contribution in [0.2, 0.25) is 0 Å². The number of rotatable bonds is 3. The highest BCUT2D eigenvalue weighted by molar-refractivity contribution is 5.61. The molecule has 0 aliphatic carbocycles. The molecule has 1 saturated heterocycles. The lowest BCUT2D eigenvalue weighted by Crippen LogP contribution is -2.36. The van der Waals surface area contributed by atoms with E-state index in [9.17, 15) is 9.90 Å². The normalized spacial score (nSPS) is 16.2. The minimum atomic E-state index is -1.29. The maximum atomic E-state index is 10.3. The first-order valence-corrected chi connectivity index (χ1v) is 5.03. The lowest BCUT2D eigenvalue weighted by atomic mass is 10.1. The third-order valence-corrected chi connectivity index (χ3v) is 2.35. The molecule has 0 spiro atoms. The van der Waals surface area contributed by atoms with Crippen molar-refractivity contribution in [2.75, 3.05) is 13.2 Å². The summed E-state index contributed by atoms with van der Waals surface area (Å²) < 4.78 is 10.7. The molecule has 1 aliphatic heterocycles. The van der Waals surface area contributed by atoms with Gasteiger partial charge in [0.1, 0.15) is 6.09 Å². The van der Waals surface area contributed by atoms with Gasteiger partial charge in [-0.2, -0.15) is 0 Å². The molecular formula is C11H12NO4-. The SMILES string of the molecule is O=C([O-])NCc1ccccc1C1OCCO1. The Morgan fingerprint density at radius 1 is 1.38 bits per heavy atom. The highest BCUT2D eigenvalue weighted by atomic mass is 16.7. The summed E-state index contributed by atoms with van der Waals surface area (Å²) in [7, 11) is 0. The molecule has 0 unspecified atom stereocenters. The van der Waals surface area contributed by atoms with Crippen LogP contribution in [0.3, 0.4) is 0 Å². The average molecular weight is 222 g/mol. The van der Waals surface area contributed by atoms with E-state index < -0.39 is 6.09 Å². The quantitative estimate of drug-likeness (QED) is 0.791. The van der Waals surface area contributed by atoms with E-state index in [2.05, 4.69) is 5.32 Å². The first-order valence-electron chi connectivity index (χ1n) is 5.03. The fourth-order valence-corrected chi connectivity index (χ4v) is 1.63. The van der Waals surface area contributed by atoms with E-state index >= 15 is 0 Å². The fourth-order valence-electron chi connectivity index (χ4n) is 1.63. The average Bonchev–Trinajstić information content (AvgIpc) is 2.80. The summed E-state index contributed by atoms with van der Waals surface area (Å²) in [4.78, 5) is 10.3. The van der Waals surface area contributed by atoms with Crippen LogP contribution in [0.1, 0.15) is 17.4 Å². The van der Waals surface area contributed by atoms with E-state index in [4.69, 9.17) is 9.47 Å². The highest BCUT2D eigenvalue weighted by Gasteiger charge is 2.20. The number of carbonyl (C=O) groups is 1. The molecule has 1 aliphatic rings. The molecule has 0 radical (unpaired) electrons. The summed E-state index contributed by atoms with van der Waals surface area (Å²) in [5, 5.41) is 12.5. The predicted octanol–water partition coefficient (Wildman–Crippen LogP) is 0.165. The van der Waals surface area contributed by atoms with Crippen LogP contribution in [0.15, 0.2) is 24.3 Å². The molecule has 0 aromatic heterocycles. The maximum absolute atomic E-state index is 10.3. The molecule has 86 valence electrons. The lowest BCUT2D eigenvalue weighted by Gasteiger charge is -2.15. The first kappa shape index (κ1) is 10.9. The topological polar surface area (TPSA) is 70.6 Å². The van der Waals surface area contributed by atoms with Gasteiger partial charge in [-0.15, -0.1) is 0 Å². The second-order valence-corrected chi connectivity index (χ2v) is 3.41. The maximum Gasteiger partial charge on any atom is 0.184 e. The van der Waals surface area contributed by atoms with Gasteiger partial charge in [-0.25, -0.2) is 0 Å². The van der Waals surface area contributed by atoms with Crippen LogP contribution in [0.5, 0.6) is 0 Å². The van der Waals surface area contributed by atoms with Gasteiger partial charge in [0.05, 0.1) is 13.2 Å². The number of ether oxygens (including phenoxy) is 2. The minimum Gasteiger partial charge on any atom is -0.530 e. The van der Waals surface area contributed by atoms with E-state index in [0.29, 0.717) is 13.2 Å². The predicted molar refractivity (Wildman–Crippen MR) is 53.3 cm³/mol. The van der Waals surface area contributed by atoms with Gasteiger partial charge in [-0.05, 0) is 5.56 Å². The van der Waals surface area contributed by atoms with Crippen LogP contribution in [-0.2, 0) is 16.0 Å². The number of benzene rings is 1. The van der Waals surface area contributed by atoms with Crippen LogP contribution >= 0.6 is 0 Å². The Labute approximate surface area is 93.0 Å². The third-order valence-electron chi connectivity index (χ3n) is 2.35. The molecule has 1 aromatic rings. The van der Waals surface area contributed by atoms with Crippen LogP contribution in [0.25, 0.3) is 0 Å². The summed E-state index contributed by atoms with van der Waals surface area (Å²) in [6.07, 6.45) is -1.68. The van der Waals surface area contributed by atoms with E-state index in [1.807, 2.05) is 24.3 Å². The smallest absolute Gasteiger partial charge is 0.184 e. The largest absolute Gasteiger partial charge is 0.530 e. The van der Waals surface area contributed by atoms with Gasteiger partial charge in [0.2, 0.25) is 0 Å². The lowest BCUT2D eigenvalue weighted by molar-refractivity contribution is -0.251. The molecule has 16 heavy (non-hydrogen) atoms. The van der Waals surface area contributed by atoms with Crippen LogP contribution in [0, 0.1) is 0 Å². The van der Waals surface area contributed by atoms with Crippen molar-refractivity contribution in [2.24, 2.45) is 0 Å². The number of hydrogen-bond acceptors (Lipinski definition) is 4. The molecular weight excluding hydrogens is 210 g/mol. The molecule has 5 heteroatoms. The van der Waals surface area contributed by atoms with Gasteiger partial charge in [0.25, 0.3) is 0 Å². The Morgan fingerprint density at radius 2 is 2.06 bits per heavy atom.